The van der Waals surface area contributed by atoms with Crippen LogP contribution in [0.1, 0.15) is 6.92 Å². The fourth-order valence-corrected chi connectivity index (χ4v) is 0.377. The van der Waals surface area contributed by atoms with Crippen molar-refractivity contribution in [1.29, 1.82) is 0 Å². The quantitative estimate of drug-likeness (QED) is 0.402. The summed E-state index contributed by atoms with van der Waals surface area (Å²) in [5.41, 5.74) is 0. The second-order valence-electron chi connectivity index (χ2n) is 1.78. The Kier molecular flexibility index (Phi) is 3.59. The molecule has 0 saturated carbocycles. The van der Waals surface area contributed by atoms with Crippen LogP contribution >= 0.6 is 0 Å². The lowest BCUT2D eigenvalue weighted by atomic mass is 10.4. The Morgan fingerprint density at radius 1 is 1.58 bits per heavy atom. The maximum Gasteiger partial charge on any atom is 0.448 e. The van der Waals surface area contributed by atoms with Crippen molar-refractivity contribution in [2.45, 2.75) is 13.1 Å². The number of carbonyl (C=O) groups is 1. The number of hydrogen-bond donors (Lipinski definition) is 1. The minimum absolute atomic E-state index is 0.0104. The highest BCUT2D eigenvalue weighted by Crippen LogP contribution is 2.22. The Labute approximate surface area is 66.4 Å². The Morgan fingerprint density at radius 3 is 2.42 bits per heavy atom. The van der Waals surface area contributed by atoms with Gasteiger partial charge in [0.1, 0.15) is 0 Å². The van der Waals surface area contributed by atoms with Gasteiger partial charge in [0, 0.05) is 0 Å². The topological polar surface area (TPSA) is 46.5 Å². The lowest BCUT2D eigenvalue weighted by Gasteiger charge is -2.03. The Balaban J connectivity index is 4.26. The van der Waals surface area contributed by atoms with E-state index in [0.29, 0.717) is 0 Å². The molecular formula is C6H7F3O3. The molecular weight excluding hydrogens is 177 g/mol. The number of aliphatic hydroxyl groups excluding tert-OH is 1. The van der Waals surface area contributed by atoms with Gasteiger partial charge in [-0.25, -0.2) is 4.79 Å². The smallest absolute Gasteiger partial charge is 0.448 e. The number of allylic oxidation sites excluding steroid dienone is 1. The summed E-state index contributed by atoms with van der Waals surface area (Å²) < 4.78 is 38.7. The molecule has 0 aromatic rings. The predicted molar refractivity (Wildman–Crippen MR) is 33.4 cm³/mol. The number of ether oxygens (including phenoxy) is 1. The predicted octanol–water partition coefficient (Wildman–Crippen LogP) is 1.55. The van der Waals surface area contributed by atoms with Crippen molar-refractivity contribution in [2.24, 2.45) is 0 Å². The van der Waals surface area contributed by atoms with E-state index in [1.807, 2.05) is 0 Å². The molecule has 0 aliphatic heterocycles. The monoisotopic (exact) mass is 184 g/mol. The molecule has 0 unspecified atom stereocenters. The van der Waals surface area contributed by atoms with Crippen LogP contribution in [0, 0.1) is 0 Å². The molecule has 0 bridgehead atoms. The summed E-state index contributed by atoms with van der Waals surface area (Å²) in [6.45, 7) is 1.40. The Morgan fingerprint density at radius 2 is 2.08 bits per heavy atom. The molecule has 0 aliphatic rings. The molecule has 0 spiro atoms. The van der Waals surface area contributed by atoms with Gasteiger partial charge in [-0.15, -0.1) is 0 Å². The molecule has 0 rings (SSSR count). The van der Waals surface area contributed by atoms with Gasteiger partial charge in [0.2, 0.25) is 5.76 Å². The van der Waals surface area contributed by atoms with Crippen molar-refractivity contribution < 1.29 is 27.8 Å². The third-order valence-corrected chi connectivity index (χ3v) is 0.832. The van der Waals surface area contributed by atoms with Crippen LogP contribution < -0.4 is 0 Å². The zero-order chi connectivity index (χ0) is 9.78. The van der Waals surface area contributed by atoms with Gasteiger partial charge in [0.15, 0.2) is 0 Å². The summed E-state index contributed by atoms with van der Waals surface area (Å²) >= 11 is 0. The fraction of sp³-hybridized carbons (Fsp3) is 0.500. The van der Waals surface area contributed by atoms with E-state index >= 15 is 0 Å². The van der Waals surface area contributed by atoms with Crippen molar-refractivity contribution in [3.63, 3.8) is 0 Å². The maximum atomic E-state index is 11.5. The first kappa shape index (κ1) is 10.8. The number of rotatable bonds is 2. The van der Waals surface area contributed by atoms with E-state index in [-0.39, 0.29) is 12.7 Å². The van der Waals surface area contributed by atoms with Crippen molar-refractivity contribution >= 4 is 5.97 Å². The van der Waals surface area contributed by atoms with Crippen LogP contribution in [-0.4, -0.2) is 23.9 Å². The van der Waals surface area contributed by atoms with Gasteiger partial charge in [-0.2, -0.15) is 13.2 Å². The third-order valence-electron chi connectivity index (χ3n) is 0.832. The summed E-state index contributed by atoms with van der Waals surface area (Å²) in [4.78, 5) is 10.3. The number of carbonyl (C=O) groups excluding carboxylic acids is 1. The molecule has 0 saturated heterocycles. The van der Waals surface area contributed by atoms with E-state index < -0.39 is 17.9 Å². The molecule has 0 aliphatic carbocycles. The SMILES string of the molecule is CCOC(=O)/C=C(\O)C(F)(F)F. The lowest BCUT2D eigenvalue weighted by Crippen LogP contribution is -2.13. The average molecular weight is 184 g/mol. The van der Waals surface area contributed by atoms with Crippen LogP contribution in [-0.2, 0) is 9.53 Å². The highest BCUT2D eigenvalue weighted by molar-refractivity contribution is 5.82. The van der Waals surface area contributed by atoms with Gasteiger partial charge in [0.05, 0.1) is 12.7 Å². The minimum Gasteiger partial charge on any atom is -0.504 e. The van der Waals surface area contributed by atoms with E-state index in [1.54, 1.807) is 0 Å². The first-order valence-corrected chi connectivity index (χ1v) is 3.02. The normalized spacial score (nSPS) is 12.8. The molecule has 0 amide bonds. The summed E-state index contributed by atoms with van der Waals surface area (Å²) in [6, 6.07) is 0. The fourth-order valence-electron chi connectivity index (χ4n) is 0.377. The first-order valence-electron chi connectivity index (χ1n) is 3.02. The van der Waals surface area contributed by atoms with Gasteiger partial charge in [-0.1, -0.05) is 0 Å². The number of esters is 1. The summed E-state index contributed by atoms with van der Waals surface area (Å²) in [5.74, 6) is -3.17. The molecule has 70 valence electrons. The molecule has 1 N–H and O–H groups in total. The van der Waals surface area contributed by atoms with Crippen LogP contribution in [0.25, 0.3) is 0 Å². The van der Waals surface area contributed by atoms with E-state index in [2.05, 4.69) is 4.74 Å². The van der Waals surface area contributed by atoms with Gasteiger partial charge in [-0.05, 0) is 6.92 Å². The summed E-state index contributed by atoms with van der Waals surface area (Å²) in [7, 11) is 0. The van der Waals surface area contributed by atoms with Crippen LogP contribution in [0.15, 0.2) is 11.8 Å². The second kappa shape index (κ2) is 3.99. The molecule has 6 heteroatoms. The second-order valence-corrected chi connectivity index (χ2v) is 1.78. The molecule has 0 radical (unpaired) electrons. The van der Waals surface area contributed by atoms with Crippen LogP contribution in [0.2, 0.25) is 0 Å². The molecule has 0 aromatic carbocycles. The van der Waals surface area contributed by atoms with E-state index in [0.717, 1.165) is 0 Å². The number of aliphatic hydroxyl groups is 1. The zero-order valence-electron chi connectivity index (χ0n) is 6.18. The summed E-state index contributed by atoms with van der Waals surface area (Å²) in [5, 5.41) is 8.22. The van der Waals surface area contributed by atoms with Crippen molar-refractivity contribution in [2.75, 3.05) is 6.61 Å². The van der Waals surface area contributed by atoms with Gasteiger partial charge in [-0.3, -0.25) is 0 Å². The van der Waals surface area contributed by atoms with Gasteiger partial charge < -0.3 is 9.84 Å². The largest absolute Gasteiger partial charge is 0.504 e. The molecule has 3 nitrogen and oxygen atoms in total. The first-order chi connectivity index (χ1) is 5.38. The van der Waals surface area contributed by atoms with Crippen molar-refractivity contribution in [3.8, 4) is 0 Å². The van der Waals surface area contributed by atoms with Crippen molar-refractivity contribution in [3.05, 3.63) is 11.8 Å². The van der Waals surface area contributed by atoms with E-state index in [9.17, 15) is 18.0 Å². The average Bonchev–Trinajstić information content (AvgIpc) is 1.85. The van der Waals surface area contributed by atoms with Crippen LogP contribution in [0.3, 0.4) is 0 Å². The minimum atomic E-state index is -4.90. The molecule has 0 atom stereocenters. The lowest BCUT2D eigenvalue weighted by molar-refractivity contribution is -0.140. The Hall–Kier alpha value is -1.20. The van der Waals surface area contributed by atoms with Gasteiger partial charge >= 0.3 is 12.1 Å². The zero-order valence-corrected chi connectivity index (χ0v) is 6.18. The van der Waals surface area contributed by atoms with Crippen molar-refractivity contribution in [1.82, 2.24) is 0 Å². The van der Waals surface area contributed by atoms with Crippen LogP contribution in [0.5, 0.6) is 0 Å². The molecule has 12 heavy (non-hydrogen) atoms. The number of alkyl halides is 3. The maximum absolute atomic E-state index is 11.5. The van der Waals surface area contributed by atoms with Gasteiger partial charge in [0.25, 0.3) is 0 Å². The highest BCUT2D eigenvalue weighted by atomic mass is 19.4. The number of halogens is 3. The summed E-state index contributed by atoms with van der Waals surface area (Å²) in [6.07, 6.45) is -4.91. The van der Waals surface area contributed by atoms with E-state index in [4.69, 9.17) is 5.11 Å². The molecule has 0 fully saturated rings. The highest BCUT2D eigenvalue weighted by Gasteiger charge is 2.34. The third kappa shape index (κ3) is 3.85. The standard InChI is InChI=1S/C6H7F3O3/c1-2-12-5(11)3-4(10)6(7,8)9/h3,10H,2H2,1H3/b4-3-. The number of hydrogen-bond acceptors (Lipinski definition) is 3. The Bertz CT molecular complexity index is 195. The van der Waals surface area contributed by atoms with E-state index in [1.165, 1.54) is 6.92 Å². The molecule has 0 heterocycles. The van der Waals surface area contributed by atoms with Crippen LogP contribution in [0.4, 0.5) is 13.2 Å². The molecule has 0 aromatic heterocycles.